The minimum atomic E-state index is -1.32. The molecule has 3 saturated carbocycles. The molecule has 2 radical (unpaired) electrons. The average Bonchev–Trinajstić information content (AvgIpc) is 2.80. The maximum atomic E-state index is 11.4. The van der Waals surface area contributed by atoms with Crippen molar-refractivity contribution in [2.75, 3.05) is 0 Å². The van der Waals surface area contributed by atoms with E-state index in [0.717, 1.165) is 22.5 Å². The van der Waals surface area contributed by atoms with Gasteiger partial charge in [0.15, 0.2) is 0 Å². The highest BCUT2D eigenvalue weighted by Crippen LogP contribution is 2.77. The molecule has 0 bridgehead atoms. The normalized spacial score (nSPS) is 24.9. The van der Waals surface area contributed by atoms with Gasteiger partial charge in [-0.05, 0) is 84.0 Å². The number of aliphatic hydroxyl groups excluding tert-OH is 1. The molecule has 3 aliphatic rings. The topological polar surface area (TPSA) is 20.2 Å². The summed E-state index contributed by atoms with van der Waals surface area (Å²) < 4.78 is 0. The summed E-state index contributed by atoms with van der Waals surface area (Å²) >= 11 is 0. The summed E-state index contributed by atoms with van der Waals surface area (Å²) in [5, 5.41) is 11.4. The zero-order valence-corrected chi connectivity index (χ0v) is 18.7. The van der Waals surface area contributed by atoms with Crippen molar-refractivity contribution < 1.29 is 5.11 Å². The molecule has 1 aromatic carbocycles. The molecule has 0 aromatic heterocycles. The Morgan fingerprint density at radius 2 is 1.04 bits per heavy atom. The van der Waals surface area contributed by atoms with Crippen LogP contribution in [-0.4, -0.2) is 29.1 Å². The van der Waals surface area contributed by atoms with Gasteiger partial charge in [-0.15, -0.1) is 0 Å². The molecule has 0 aliphatic heterocycles. The van der Waals surface area contributed by atoms with E-state index in [1.165, 1.54) is 96.3 Å². The van der Waals surface area contributed by atoms with E-state index in [2.05, 4.69) is 37.3 Å². The van der Waals surface area contributed by atoms with Crippen LogP contribution in [0.1, 0.15) is 108 Å². The summed E-state index contributed by atoms with van der Waals surface area (Å²) in [5.74, 6) is 0. The molecule has 1 atom stereocenters. The highest BCUT2D eigenvalue weighted by Gasteiger charge is 2.48. The van der Waals surface area contributed by atoms with Crippen molar-refractivity contribution in [1.82, 2.24) is 0 Å². The van der Waals surface area contributed by atoms with Crippen molar-refractivity contribution in [3.63, 3.8) is 0 Å². The predicted molar refractivity (Wildman–Crippen MR) is 125 cm³/mol. The molecule has 3 aliphatic carbocycles. The molecule has 0 heterocycles. The van der Waals surface area contributed by atoms with Gasteiger partial charge in [-0.3, -0.25) is 0 Å². The van der Waals surface area contributed by atoms with Crippen LogP contribution in [0.15, 0.2) is 30.3 Å². The molecular formula is C25H40BOP. The van der Waals surface area contributed by atoms with E-state index in [9.17, 15) is 5.11 Å². The molecule has 1 aromatic rings. The lowest BCUT2D eigenvalue weighted by molar-refractivity contribution is 0.260. The Morgan fingerprint density at radius 3 is 1.43 bits per heavy atom. The molecule has 1 N–H and O–H groups in total. The standard InChI is InChI=1S/C25H40BOP/c27-25(21-13-5-1-6-14-21)26-28(22-15-7-2-8-16-22,23-17-9-3-10-18-23)24-19-11-4-12-20-24/h1,5-6,13-14,22-25,27H,2-4,7-12,15-20H2. The number of hydrogen-bond donors (Lipinski definition) is 1. The minimum Gasteiger partial charge on any atom is -0.429 e. The molecule has 0 amide bonds. The van der Waals surface area contributed by atoms with Gasteiger partial charge < -0.3 is 5.11 Å². The summed E-state index contributed by atoms with van der Waals surface area (Å²) in [6.07, 6.45) is 21.6. The maximum Gasteiger partial charge on any atom is 0.0257 e. The molecule has 1 unspecified atom stereocenters. The van der Waals surface area contributed by atoms with Crippen molar-refractivity contribution in [1.29, 1.82) is 0 Å². The fourth-order valence-electron chi connectivity index (χ4n) is 6.83. The Kier molecular flexibility index (Phi) is 7.57. The van der Waals surface area contributed by atoms with Crippen LogP contribution < -0.4 is 0 Å². The lowest BCUT2D eigenvalue weighted by Gasteiger charge is -2.59. The molecule has 0 spiro atoms. The predicted octanol–water partition coefficient (Wildman–Crippen LogP) is 7.31. The lowest BCUT2D eigenvalue weighted by Crippen LogP contribution is -2.40. The largest absolute Gasteiger partial charge is 0.429 e. The fraction of sp³-hybridized carbons (Fsp3) is 0.760. The monoisotopic (exact) mass is 398 g/mol. The number of benzene rings is 1. The van der Waals surface area contributed by atoms with Gasteiger partial charge in [-0.1, -0.05) is 61.2 Å². The molecule has 28 heavy (non-hydrogen) atoms. The summed E-state index contributed by atoms with van der Waals surface area (Å²) in [7, 11) is -1.32. The molecule has 154 valence electrons. The number of rotatable bonds is 6. The Balaban J connectivity index is 1.69. The van der Waals surface area contributed by atoms with E-state index in [1.54, 1.807) is 0 Å². The third-order valence-electron chi connectivity index (χ3n) is 8.16. The third kappa shape index (κ3) is 4.54. The van der Waals surface area contributed by atoms with Crippen LogP contribution in [0.5, 0.6) is 0 Å². The third-order valence-corrected chi connectivity index (χ3v) is 14.3. The first-order valence-corrected chi connectivity index (χ1v) is 14.3. The Bertz CT molecular complexity index is 528. The molecule has 4 rings (SSSR count). The second kappa shape index (κ2) is 10.1. The summed E-state index contributed by atoms with van der Waals surface area (Å²) in [4.78, 5) is 0. The van der Waals surface area contributed by atoms with Gasteiger partial charge >= 0.3 is 0 Å². The highest BCUT2D eigenvalue weighted by molar-refractivity contribution is 8.02. The molecule has 3 fully saturated rings. The first kappa shape index (κ1) is 20.9. The van der Waals surface area contributed by atoms with E-state index >= 15 is 0 Å². The van der Waals surface area contributed by atoms with E-state index < -0.39 is 7.14 Å². The zero-order chi connectivity index (χ0) is 19.2. The molecule has 3 heteroatoms. The second-order valence-corrected chi connectivity index (χ2v) is 14.1. The fourth-order valence-corrected chi connectivity index (χ4v) is 13.8. The number of hydrogen-bond acceptors (Lipinski definition) is 1. The van der Waals surface area contributed by atoms with Crippen molar-refractivity contribution >= 4 is 14.1 Å². The van der Waals surface area contributed by atoms with Crippen molar-refractivity contribution in [3.05, 3.63) is 35.9 Å². The van der Waals surface area contributed by atoms with Crippen LogP contribution in [0, 0.1) is 0 Å². The van der Waals surface area contributed by atoms with Crippen LogP contribution >= 0.6 is 7.14 Å². The summed E-state index contributed by atoms with van der Waals surface area (Å²) in [6, 6.07) is 10.2. The maximum absolute atomic E-state index is 11.4. The highest BCUT2D eigenvalue weighted by atomic mass is 31.2. The summed E-state index contributed by atoms with van der Waals surface area (Å²) in [6.45, 7) is 2.63. The molecule has 0 saturated heterocycles. The average molecular weight is 398 g/mol. The van der Waals surface area contributed by atoms with Gasteiger partial charge in [0, 0.05) is 17.0 Å². The van der Waals surface area contributed by atoms with Crippen molar-refractivity contribution in [2.24, 2.45) is 0 Å². The second-order valence-electron chi connectivity index (χ2n) is 9.77. The van der Waals surface area contributed by atoms with Gasteiger partial charge in [0.25, 0.3) is 0 Å². The SMILES string of the molecule is OC([B-][P+](C1CCCCC1)(C1CCCCC1)C1CCCCC1)c1ccccc1. The molecular weight excluding hydrogens is 358 g/mol. The Morgan fingerprint density at radius 1 is 0.643 bits per heavy atom. The quantitative estimate of drug-likeness (QED) is 0.393. The Labute approximate surface area is 174 Å². The van der Waals surface area contributed by atoms with Gasteiger partial charge in [-0.2, -0.15) is 7.14 Å². The van der Waals surface area contributed by atoms with Crippen LogP contribution in [0.2, 0.25) is 0 Å². The summed E-state index contributed by atoms with van der Waals surface area (Å²) in [5.41, 5.74) is 3.84. The van der Waals surface area contributed by atoms with E-state index in [0.29, 0.717) is 0 Å². The van der Waals surface area contributed by atoms with Crippen LogP contribution in [-0.2, 0) is 0 Å². The van der Waals surface area contributed by atoms with Gasteiger partial charge in [-0.25, -0.2) is 0 Å². The first-order chi connectivity index (χ1) is 13.8. The van der Waals surface area contributed by atoms with Gasteiger partial charge in [0.1, 0.15) is 0 Å². The Hall–Kier alpha value is -0.325. The number of aliphatic hydroxyl groups is 1. The van der Waals surface area contributed by atoms with Crippen molar-refractivity contribution in [2.45, 2.75) is 119 Å². The minimum absolute atomic E-state index is 0.361. The van der Waals surface area contributed by atoms with E-state index in [4.69, 9.17) is 0 Å². The van der Waals surface area contributed by atoms with Crippen molar-refractivity contribution in [3.8, 4) is 0 Å². The van der Waals surface area contributed by atoms with Crippen LogP contribution in [0.25, 0.3) is 0 Å². The van der Waals surface area contributed by atoms with Gasteiger partial charge in [0.05, 0.1) is 0 Å². The lowest BCUT2D eigenvalue weighted by atomic mass is 9.90. The van der Waals surface area contributed by atoms with E-state index in [1.807, 2.05) is 0 Å². The van der Waals surface area contributed by atoms with Crippen LogP contribution in [0.4, 0.5) is 0 Å². The van der Waals surface area contributed by atoms with E-state index in [-0.39, 0.29) is 6.00 Å². The first-order valence-electron chi connectivity index (χ1n) is 12.3. The van der Waals surface area contributed by atoms with Gasteiger partial charge in [0.2, 0.25) is 0 Å². The zero-order valence-electron chi connectivity index (χ0n) is 17.8. The van der Waals surface area contributed by atoms with Crippen LogP contribution in [0.3, 0.4) is 0 Å². The molecule has 1 nitrogen and oxygen atoms in total. The smallest absolute Gasteiger partial charge is 0.0257 e.